The highest BCUT2D eigenvalue weighted by molar-refractivity contribution is 5.81. The second-order valence-electron chi connectivity index (χ2n) is 4.67. The third kappa shape index (κ3) is 1.84. The number of rotatable bonds is 3. The number of Topliss-reactive ketones (excluding diaryl/α,β-unsaturated/α-hetero) is 1. The number of hydrogen-bond acceptors (Lipinski definition) is 2. The lowest BCUT2D eigenvalue weighted by Gasteiger charge is -2.19. The van der Waals surface area contributed by atoms with E-state index in [4.69, 9.17) is 0 Å². The smallest absolute Gasteiger partial charge is 0.134 e. The second kappa shape index (κ2) is 4.28. The second-order valence-corrected chi connectivity index (χ2v) is 4.67. The minimum atomic E-state index is 0.240. The lowest BCUT2D eigenvalue weighted by Crippen LogP contribution is -2.21. The largest absolute Gasteiger partial charge is 0.371 e. The number of anilines is 1. The van der Waals surface area contributed by atoms with Crippen LogP contribution in [0.2, 0.25) is 0 Å². The Hall–Kier alpha value is -1.31. The summed E-state index contributed by atoms with van der Waals surface area (Å²) in [5.41, 5.74) is 3.91. The first-order chi connectivity index (χ1) is 7.63. The van der Waals surface area contributed by atoms with Gasteiger partial charge in [-0.3, -0.25) is 4.79 Å². The van der Waals surface area contributed by atoms with Crippen LogP contribution in [0.3, 0.4) is 0 Å². The lowest BCUT2D eigenvalue weighted by atomic mass is 9.98. The van der Waals surface area contributed by atoms with E-state index >= 15 is 0 Å². The molecule has 1 heterocycles. The molecule has 0 bridgehead atoms. The van der Waals surface area contributed by atoms with Crippen LogP contribution in [0.15, 0.2) is 18.2 Å². The van der Waals surface area contributed by atoms with Crippen molar-refractivity contribution in [3.8, 4) is 0 Å². The highest BCUT2D eigenvalue weighted by Gasteiger charge is 2.26. The molecule has 0 aromatic heterocycles. The molecule has 0 amide bonds. The van der Waals surface area contributed by atoms with Crippen LogP contribution in [0, 0.1) is 0 Å². The Balaban J connectivity index is 2.45. The summed E-state index contributed by atoms with van der Waals surface area (Å²) in [6, 6.07) is 6.35. The average Bonchev–Trinajstić information content (AvgIpc) is 2.56. The number of benzene rings is 1. The summed E-state index contributed by atoms with van der Waals surface area (Å²) in [5, 5.41) is 0. The van der Waals surface area contributed by atoms with E-state index < -0.39 is 0 Å². The molecular weight excluding hydrogens is 198 g/mol. The molecule has 0 saturated heterocycles. The normalized spacial score (nSPS) is 18.7. The Morgan fingerprint density at radius 1 is 1.50 bits per heavy atom. The van der Waals surface area contributed by atoms with Crippen LogP contribution in [0.1, 0.15) is 37.8 Å². The molecule has 86 valence electrons. The van der Waals surface area contributed by atoms with Crippen molar-refractivity contribution >= 4 is 11.5 Å². The molecule has 0 saturated carbocycles. The van der Waals surface area contributed by atoms with E-state index in [-0.39, 0.29) is 5.78 Å². The Bertz CT molecular complexity index is 411. The highest BCUT2D eigenvalue weighted by atomic mass is 16.1. The number of para-hydroxylation sites is 1. The summed E-state index contributed by atoms with van der Waals surface area (Å²) in [7, 11) is 0. The van der Waals surface area contributed by atoms with E-state index in [1.807, 2.05) is 0 Å². The molecule has 1 aliphatic heterocycles. The molecule has 1 aromatic rings. The number of nitrogens with zero attached hydrogens (tertiary/aromatic N) is 1. The van der Waals surface area contributed by atoms with Gasteiger partial charge in [-0.15, -0.1) is 0 Å². The van der Waals surface area contributed by atoms with E-state index in [1.54, 1.807) is 6.92 Å². The van der Waals surface area contributed by atoms with Crippen molar-refractivity contribution in [1.29, 1.82) is 0 Å². The molecule has 2 nitrogen and oxygen atoms in total. The molecule has 0 spiro atoms. The summed E-state index contributed by atoms with van der Waals surface area (Å²) in [4.78, 5) is 13.7. The molecule has 16 heavy (non-hydrogen) atoms. The first-order valence-electron chi connectivity index (χ1n) is 5.99. The molecule has 1 aromatic carbocycles. The summed E-state index contributed by atoms with van der Waals surface area (Å²) in [6.07, 6.45) is 0.562. The zero-order chi connectivity index (χ0) is 11.7. The van der Waals surface area contributed by atoms with Crippen LogP contribution in [0.25, 0.3) is 0 Å². The van der Waals surface area contributed by atoms with Crippen LogP contribution in [-0.2, 0) is 11.2 Å². The van der Waals surface area contributed by atoms with Crippen molar-refractivity contribution in [3.05, 3.63) is 29.3 Å². The van der Waals surface area contributed by atoms with Gasteiger partial charge in [-0.1, -0.05) is 25.1 Å². The Morgan fingerprint density at radius 2 is 2.25 bits per heavy atom. The number of hydrogen-bond donors (Lipinski definition) is 0. The van der Waals surface area contributed by atoms with Gasteiger partial charge in [0, 0.05) is 31.1 Å². The summed E-state index contributed by atoms with van der Waals surface area (Å²) in [5.74, 6) is 0.825. The van der Waals surface area contributed by atoms with Gasteiger partial charge >= 0.3 is 0 Å². The van der Waals surface area contributed by atoms with Crippen molar-refractivity contribution < 1.29 is 4.79 Å². The van der Waals surface area contributed by atoms with Gasteiger partial charge in [-0.2, -0.15) is 0 Å². The Morgan fingerprint density at radius 3 is 2.88 bits per heavy atom. The fraction of sp³-hybridized carbons (Fsp3) is 0.500. The number of carbonyl (C=O) groups is 1. The lowest BCUT2D eigenvalue weighted by molar-refractivity contribution is -0.116. The van der Waals surface area contributed by atoms with Gasteiger partial charge in [-0.25, -0.2) is 0 Å². The van der Waals surface area contributed by atoms with Crippen molar-refractivity contribution in [2.45, 2.75) is 33.1 Å². The number of likely N-dealkylation sites (N-methyl/N-ethyl adjacent to an activating group) is 1. The van der Waals surface area contributed by atoms with Crippen molar-refractivity contribution in [2.75, 3.05) is 18.0 Å². The minimum absolute atomic E-state index is 0.240. The predicted octanol–water partition coefficient (Wildman–Crippen LogP) is 2.76. The first kappa shape index (κ1) is 11.2. The number of fused-ring (bicyclic) bond motifs is 1. The predicted molar refractivity (Wildman–Crippen MR) is 67.1 cm³/mol. The molecule has 2 rings (SSSR count). The first-order valence-corrected chi connectivity index (χ1v) is 5.99. The van der Waals surface area contributed by atoms with Crippen molar-refractivity contribution in [3.63, 3.8) is 0 Å². The summed E-state index contributed by atoms with van der Waals surface area (Å²) < 4.78 is 0. The zero-order valence-electron chi connectivity index (χ0n) is 10.3. The quantitative estimate of drug-likeness (QED) is 0.776. The molecule has 0 N–H and O–H groups in total. The average molecular weight is 217 g/mol. The van der Waals surface area contributed by atoms with Gasteiger partial charge in [0.25, 0.3) is 0 Å². The van der Waals surface area contributed by atoms with Crippen LogP contribution < -0.4 is 4.90 Å². The topological polar surface area (TPSA) is 20.3 Å². The van der Waals surface area contributed by atoms with Crippen LogP contribution in [0.5, 0.6) is 0 Å². The molecule has 1 atom stereocenters. The fourth-order valence-corrected chi connectivity index (χ4v) is 2.61. The van der Waals surface area contributed by atoms with Gasteiger partial charge in [0.15, 0.2) is 0 Å². The van der Waals surface area contributed by atoms with Crippen LogP contribution >= 0.6 is 0 Å². The maximum atomic E-state index is 11.3. The maximum absolute atomic E-state index is 11.3. The molecule has 0 fully saturated rings. The Kier molecular flexibility index (Phi) is 2.99. The molecular formula is C14H19NO. The van der Waals surface area contributed by atoms with Gasteiger partial charge in [0.2, 0.25) is 0 Å². The van der Waals surface area contributed by atoms with E-state index in [2.05, 4.69) is 36.9 Å². The SMILES string of the molecule is CCN1CC(C)c2cccc(CC(C)=O)c21. The van der Waals surface area contributed by atoms with E-state index in [1.165, 1.54) is 16.8 Å². The monoisotopic (exact) mass is 217 g/mol. The van der Waals surface area contributed by atoms with Gasteiger partial charge in [-0.05, 0) is 25.0 Å². The number of carbonyl (C=O) groups excluding carboxylic acids is 1. The van der Waals surface area contributed by atoms with Gasteiger partial charge in [0.1, 0.15) is 5.78 Å². The fourth-order valence-electron chi connectivity index (χ4n) is 2.61. The van der Waals surface area contributed by atoms with Gasteiger partial charge in [0.05, 0.1) is 0 Å². The molecule has 1 aliphatic rings. The van der Waals surface area contributed by atoms with E-state index in [0.29, 0.717) is 12.3 Å². The third-order valence-electron chi connectivity index (χ3n) is 3.31. The van der Waals surface area contributed by atoms with Crippen molar-refractivity contribution in [2.24, 2.45) is 0 Å². The third-order valence-corrected chi connectivity index (χ3v) is 3.31. The number of ketones is 1. The van der Waals surface area contributed by atoms with Gasteiger partial charge < -0.3 is 4.90 Å². The maximum Gasteiger partial charge on any atom is 0.134 e. The standard InChI is InChI=1S/C14H19NO/c1-4-15-9-10(2)13-7-5-6-12(14(13)15)8-11(3)16/h5-7,10H,4,8-9H2,1-3H3. The molecule has 0 aliphatic carbocycles. The zero-order valence-corrected chi connectivity index (χ0v) is 10.3. The van der Waals surface area contributed by atoms with Crippen LogP contribution in [-0.4, -0.2) is 18.9 Å². The van der Waals surface area contributed by atoms with Crippen molar-refractivity contribution in [1.82, 2.24) is 0 Å². The molecule has 1 unspecified atom stereocenters. The van der Waals surface area contributed by atoms with Crippen LogP contribution in [0.4, 0.5) is 5.69 Å². The van der Waals surface area contributed by atoms with E-state index in [9.17, 15) is 4.79 Å². The Labute approximate surface area is 97.3 Å². The molecule has 2 heteroatoms. The minimum Gasteiger partial charge on any atom is -0.371 e. The molecule has 0 radical (unpaired) electrons. The van der Waals surface area contributed by atoms with E-state index in [0.717, 1.165) is 13.1 Å². The summed E-state index contributed by atoms with van der Waals surface area (Å²) >= 11 is 0. The summed E-state index contributed by atoms with van der Waals surface area (Å²) in [6.45, 7) is 8.19. The highest BCUT2D eigenvalue weighted by Crippen LogP contribution is 2.38.